The first-order valence-electron chi connectivity index (χ1n) is 6.33. The number of nitrogens with one attached hydrogen (secondary N) is 1. The van der Waals surface area contributed by atoms with Gasteiger partial charge in [0.1, 0.15) is 0 Å². The molecule has 0 fully saturated rings. The van der Waals surface area contributed by atoms with Gasteiger partial charge in [0.05, 0.1) is 10.5 Å². The first kappa shape index (κ1) is 18.1. The van der Waals surface area contributed by atoms with Crippen molar-refractivity contribution in [2.24, 2.45) is 5.92 Å². The lowest BCUT2D eigenvalue weighted by Gasteiger charge is -2.14. The molecule has 1 atom stereocenters. The van der Waals surface area contributed by atoms with Crippen LogP contribution in [0.5, 0.6) is 0 Å². The van der Waals surface area contributed by atoms with Gasteiger partial charge in [-0.15, -0.1) is 0 Å². The van der Waals surface area contributed by atoms with Crippen LogP contribution in [0.4, 0.5) is 0 Å². The number of aliphatic hydroxyl groups excluding tert-OH is 1. The van der Waals surface area contributed by atoms with Crippen molar-refractivity contribution in [3.05, 3.63) is 27.7 Å². The standard InChI is InChI=1S/C13H18BrNO5S/c1-8(3-4-16)7-15-21(19,20)12-6-10(13(17)18)5-11(14)9(12)2/h5-6,8,15-16H,3-4,7H2,1-2H3,(H,17,18). The summed E-state index contributed by atoms with van der Waals surface area (Å²) in [6.07, 6.45) is 0.486. The zero-order valence-corrected chi connectivity index (χ0v) is 14.2. The summed E-state index contributed by atoms with van der Waals surface area (Å²) in [7, 11) is -3.81. The van der Waals surface area contributed by atoms with E-state index in [0.717, 1.165) is 6.07 Å². The predicted octanol–water partition coefficient (Wildman–Crippen LogP) is 1.75. The average molecular weight is 380 g/mol. The van der Waals surface area contributed by atoms with Crippen LogP contribution in [-0.2, 0) is 10.0 Å². The van der Waals surface area contributed by atoms with E-state index in [9.17, 15) is 13.2 Å². The van der Waals surface area contributed by atoms with Crippen molar-refractivity contribution in [1.29, 1.82) is 0 Å². The number of rotatable bonds is 7. The molecule has 0 heterocycles. The first-order valence-corrected chi connectivity index (χ1v) is 8.60. The summed E-state index contributed by atoms with van der Waals surface area (Å²) in [5.74, 6) is -1.21. The molecule has 0 aliphatic rings. The molecule has 0 aliphatic carbocycles. The molecular weight excluding hydrogens is 362 g/mol. The van der Waals surface area contributed by atoms with Gasteiger partial charge in [-0.05, 0) is 37.0 Å². The molecule has 0 aromatic heterocycles. The second kappa shape index (κ2) is 7.35. The molecule has 8 heteroatoms. The Morgan fingerprint density at radius 3 is 2.57 bits per heavy atom. The Kier molecular flexibility index (Phi) is 6.33. The van der Waals surface area contributed by atoms with Crippen LogP contribution in [0.25, 0.3) is 0 Å². The Balaban J connectivity index is 3.10. The molecule has 3 N–H and O–H groups in total. The normalized spacial score (nSPS) is 13.1. The van der Waals surface area contributed by atoms with E-state index in [4.69, 9.17) is 10.2 Å². The van der Waals surface area contributed by atoms with Crippen molar-refractivity contribution in [3.63, 3.8) is 0 Å². The zero-order chi connectivity index (χ0) is 16.2. The summed E-state index contributed by atoms with van der Waals surface area (Å²) >= 11 is 3.17. The number of hydrogen-bond acceptors (Lipinski definition) is 4. The lowest BCUT2D eigenvalue weighted by atomic mass is 10.1. The Morgan fingerprint density at radius 1 is 1.43 bits per heavy atom. The van der Waals surface area contributed by atoms with Gasteiger partial charge in [-0.3, -0.25) is 0 Å². The third kappa shape index (κ3) is 4.77. The monoisotopic (exact) mass is 379 g/mol. The maximum atomic E-state index is 12.3. The number of halogens is 1. The number of sulfonamides is 1. The van der Waals surface area contributed by atoms with Crippen molar-refractivity contribution < 1.29 is 23.4 Å². The molecule has 1 aromatic carbocycles. The van der Waals surface area contributed by atoms with E-state index in [1.54, 1.807) is 6.92 Å². The predicted molar refractivity (Wildman–Crippen MR) is 81.9 cm³/mol. The summed E-state index contributed by atoms with van der Waals surface area (Å²) in [5.41, 5.74) is 0.346. The van der Waals surface area contributed by atoms with Gasteiger partial charge in [-0.1, -0.05) is 22.9 Å². The van der Waals surface area contributed by atoms with E-state index in [1.807, 2.05) is 6.92 Å². The minimum atomic E-state index is -3.81. The van der Waals surface area contributed by atoms with Crippen molar-refractivity contribution in [1.82, 2.24) is 4.72 Å². The summed E-state index contributed by atoms with van der Waals surface area (Å²) < 4.78 is 27.5. The molecule has 0 saturated carbocycles. The number of aromatic carboxylic acids is 1. The van der Waals surface area contributed by atoms with Gasteiger partial charge in [0.2, 0.25) is 10.0 Å². The van der Waals surface area contributed by atoms with Crippen molar-refractivity contribution in [2.45, 2.75) is 25.2 Å². The Labute approximate surface area is 132 Å². The second-order valence-corrected chi connectivity index (χ2v) is 7.45. The van der Waals surface area contributed by atoms with Crippen LogP contribution < -0.4 is 4.72 Å². The Bertz CT molecular complexity index is 630. The van der Waals surface area contributed by atoms with Crippen molar-refractivity contribution in [3.8, 4) is 0 Å². The molecule has 6 nitrogen and oxygen atoms in total. The van der Waals surface area contributed by atoms with Gasteiger partial charge in [0.15, 0.2) is 0 Å². The molecule has 0 spiro atoms. The van der Waals surface area contributed by atoms with Crippen LogP contribution in [-0.4, -0.2) is 37.8 Å². The van der Waals surface area contributed by atoms with Gasteiger partial charge in [0, 0.05) is 17.6 Å². The summed E-state index contributed by atoms with van der Waals surface area (Å²) in [5, 5.41) is 17.8. The minimum absolute atomic E-state index is 0.0119. The van der Waals surface area contributed by atoms with E-state index in [1.165, 1.54) is 6.07 Å². The van der Waals surface area contributed by atoms with Crippen LogP contribution in [0.15, 0.2) is 21.5 Å². The molecule has 0 bridgehead atoms. The number of carbonyl (C=O) groups is 1. The lowest BCUT2D eigenvalue weighted by Crippen LogP contribution is -2.29. The quantitative estimate of drug-likeness (QED) is 0.669. The highest BCUT2D eigenvalue weighted by Crippen LogP contribution is 2.26. The van der Waals surface area contributed by atoms with Crippen molar-refractivity contribution >= 4 is 31.9 Å². The van der Waals surface area contributed by atoms with Crippen molar-refractivity contribution in [2.75, 3.05) is 13.2 Å². The summed E-state index contributed by atoms with van der Waals surface area (Å²) in [4.78, 5) is 11.0. The number of carboxylic acids is 1. The van der Waals surface area contributed by atoms with Crippen LogP contribution in [0.1, 0.15) is 29.3 Å². The third-order valence-electron chi connectivity index (χ3n) is 3.08. The topological polar surface area (TPSA) is 104 Å². The van der Waals surface area contributed by atoms with Gasteiger partial charge < -0.3 is 10.2 Å². The highest BCUT2D eigenvalue weighted by Gasteiger charge is 2.21. The van der Waals surface area contributed by atoms with E-state index < -0.39 is 16.0 Å². The smallest absolute Gasteiger partial charge is 0.335 e. The maximum Gasteiger partial charge on any atom is 0.335 e. The molecule has 0 saturated heterocycles. The van der Waals surface area contributed by atoms with E-state index in [2.05, 4.69) is 20.7 Å². The average Bonchev–Trinajstić information content (AvgIpc) is 2.39. The minimum Gasteiger partial charge on any atom is -0.478 e. The fraction of sp³-hybridized carbons (Fsp3) is 0.462. The van der Waals surface area contributed by atoms with Crippen LogP contribution >= 0.6 is 15.9 Å². The van der Waals surface area contributed by atoms with Gasteiger partial charge in [0.25, 0.3) is 0 Å². The second-order valence-electron chi connectivity index (χ2n) is 4.86. The SMILES string of the molecule is Cc1c(Br)cc(C(=O)O)cc1S(=O)(=O)NCC(C)CCO. The van der Waals surface area contributed by atoms with E-state index in [0.29, 0.717) is 16.5 Å². The molecule has 1 aromatic rings. The molecule has 1 rings (SSSR count). The molecule has 0 amide bonds. The molecule has 118 valence electrons. The third-order valence-corrected chi connectivity index (χ3v) is 5.45. The maximum absolute atomic E-state index is 12.3. The number of aliphatic hydroxyl groups is 1. The molecule has 21 heavy (non-hydrogen) atoms. The van der Waals surface area contributed by atoms with Gasteiger partial charge >= 0.3 is 5.97 Å². The lowest BCUT2D eigenvalue weighted by molar-refractivity contribution is 0.0696. The van der Waals surface area contributed by atoms with Gasteiger partial charge in [-0.25, -0.2) is 17.9 Å². The van der Waals surface area contributed by atoms with Crippen LogP contribution in [0.3, 0.4) is 0 Å². The highest BCUT2D eigenvalue weighted by molar-refractivity contribution is 9.10. The zero-order valence-electron chi connectivity index (χ0n) is 11.8. The highest BCUT2D eigenvalue weighted by atomic mass is 79.9. The summed E-state index contributed by atoms with van der Waals surface area (Å²) in [6.45, 7) is 3.58. The van der Waals surface area contributed by atoms with Gasteiger partial charge in [-0.2, -0.15) is 0 Å². The van der Waals surface area contributed by atoms with E-state index in [-0.39, 0.29) is 29.5 Å². The molecule has 1 unspecified atom stereocenters. The molecular formula is C13H18BrNO5S. The number of hydrogen-bond donors (Lipinski definition) is 3. The first-order chi connectivity index (χ1) is 9.69. The van der Waals surface area contributed by atoms with Crippen LogP contribution in [0.2, 0.25) is 0 Å². The molecule has 0 radical (unpaired) electrons. The number of benzene rings is 1. The van der Waals surface area contributed by atoms with Crippen LogP contribution in [0, 0.1) is 12.8 Å². The Morgan fingerprint density at radius 2 is 2.05 bits per heavy atom. The molecule has 0 aliphatic heterocycles. The number of carboxylic acid groups (broad SMARTS) is 1. The Hall–Kier alpha value is -0.960. The fourth-order valence-corrected chi connectivity index (χ4v) is 3.75. The van der Waals surface area contributed by atoms with E-state index >= 15 is 0 Å². The largest absolute Gasteiger partial charge is 0.478 e. The summed E-state index contributed by atoms with van der Waals surface area (Å²) in [6, 6.07) is 2.51. The fourth-order valence-electron chi connectivity index (χ4n) is 1.71.